The molecule has 4 nitrogen and oxygen atoms in total. The van der Waals surface area contributed by atoms with Gasteiger partial charge < -0.3 is 5.32 Å². The lowest BCUT2D eigenvalue weighted by Gasteiger charge is -2.14. The molecule has 0 aromatic heterocycles. The summed E-state index contributed by atoms with van der Waals surface area (Å²) in [6.45, 7) is 4.74. The average molecular weight is 351 g/mol. The van der Waals surface area contributed by atoms with Crippen molar-refractivity contribution in [3.8, 4) is 0 Å². The van der Waals surface area contributed by atoms with Crippen molar-refractivity contribution < 1.29 is 8.42 Å². The summed E-state index contributed by atoms with van der Waals surface area (Å²) < 4.78 is 27.2. The molecule has 7 heteroatoms. The molecule has 0 saturated heterocycles. The number of hydrogen-bond donors (Lipinski definition) is 2. The monoisotopic (exact) mass is 350 g/mol. The number of halogens is 2. The second kappa shape index (κ2) is 6.84. The van der Waals surface area contributed by atoms with Crippen molar-refractivity contribution in [3.63, 3.8) is 0 Å². The van der Waals surface area contributed by atoms with E-state index in [4.69, 9.17) is 23.2 Å². The lowest BCUT2D eigenvalue weighted by Crippen LogP contribution is -2.28. The smallest absolute Gasteiger partial charge is 0.242 e. The molecule has 0 spiro atoms. The van der Waals surface area contributed by atoms with Gasteiger partial charge in [0.1, 0.15) is 4.90 Å². The summed E-state index contributed by atoms with van der Waals surface area (Å²) >= 11 is 12.4. The quantitative estimate of drug-likeness (QED) is 0.793. The van der Waals surface area contributed by atoms with Gasteiger partial charge in [0.05, 0.1) is 5.02 Å². The Bertz CT molecular complexity index is 614. The molecular formula is C14H20Cl2N2O2S. The first-order chi connectivity index (χ1) is 9.81. The highest BCUT2D eigenvalue weighted by Crippen LogP contribution is 2.32. The zero-order valence-electron chi connectivity index (χ0n) is 12.1. The molecule has 0 radical (unpaired) electrons. The molecule has 0 heterocycles. The van der Waals surface area contributed by atoms with Crippen LogP contribution in [0.2, 0.25) is 10.0 Å². The molecule has 118 valence electrons. The molecule has 1 aliphatic carbocycles. The van der Waals surface area contributed by atoms with Crippen LogP contribution < -0.4 is 10.0 Å². The molecule has 0 unspecified atom stereocenters. The van der Waals surface area contributed by atoms with E-state index in [2.05, 4.69) is 10.0 Å². The van der Waals surface area contributed by atoms with E-state index in [1.54, 1.807) is 6.07 Å². The van der Waals surface area contributed by atoms with Crippen LogP contribution in [0.1, 0.15) is 32.3 Å². The SMILES string of the molecule is CC(C)CNS(=O)(=O)c1ccc(Cl)c(CNC2CC2)c1Cl. The Kier molecular flexibility index (Phi) is 5.54. The van der Waals surface area contributed by atoms with Gasteiger partial charge in [-0.2, -0.15) is 0 Å². The van der Waals surface area contributed by atoms with Crippen molar-refractivity contribution in [2.75, 3.05) is 6.54 Å². The van der Waals surface area contributed by atoms with E-state index in [-0.39, 0.29) is 15.8 Å². The molecule has 1 aromatic rings. The van der Waals surface area contributed by atoms with Gasteiger partial charge in [-0.3, -0.25) is 0 Å². The fraction of sp³-hybridized carbons (Fsp3) is 0.571. The Morgan fingerprint density at radius 2 is 1.95 bits per heavy atom. The van der Waals surface area contributed by atoms with Crippen molar-refractivity contribution in [3.05, 3.63) is 27.7 Å². The summed E-state index contributed by atoms with van der Waals surface area (Å²) in [7, 11) is -3.62. The molecule has 1 aromatic carbocycles. The van der Waals surface area contributed by atoms with Crippen LogP contribution in [-0.2, 0) is 16.6 Å². The van der Waals surface area contributed by atoms with Crippen molar-refractivity contribution in [2.24, 2.45) is 5.92 Å². The third-order valence-electron chi connectivity index (χ3n) is 3.27. The topological polar surface area (TPSA) is 58.2 Å². The minimum absolute atomic E-state index is 0.0850. The molecule has 0 aliphatic heterocycles. The van der Waals surface area contributed by atoms with Gasteiger partial charge in [-0.05, 0) is 30.9 Å². The van der Waals surface area contributed by atoms with Crippen LogP contribution in [0, 0.1) is 5.92 Å². The highest BCUT2D eigenvalue weighted by molar-refractivity contribution is 7.89. The predicted molar refractivity (Wildman–Crippen MR) is 86.4 cm³/mol. The first-order valence-corrected chi connectivity index (χ1v) is 9.25. The van der Waals surface area contributed by atoms with E-state index in [1.807, 2.05) is 13.8 Å². The number of rotatable bonds is 7. The van der Waals surface area contributed by atoms with Gasteiger partial charge in [0.25, 0.3) is 0 Å². The van der Waals surface area contributed by atoms with E-state index in [9.17, 15) is 8.42 Å². The second-order valence-electron chi connectivity index (χ2n) is 5.74. The second-order valence-corrected chi connectivity index (χ2v) is 8.26. The van der Waals surface area contributed by atoms with Gasteiger partial charge in [-0.1, -0.05) is 37.0 Å². The summed E-state index contributed by atoms with van der Waals surface area (Å²) in [4.78, 5) is 0.0850. The van der Waals surface area contributed by atoms with Crippen LogP contribution in [0.4, 0.5) is 0 Å². The fourth-order valence-electron chi connectivity index (χ4n) is 1.83. The molecule has 2 N–H and O–H groups in total. The van der Waals surface area contributed by atoms with Crippen molar-refractivity contribution in [1.82, 2.24) is 10.0 Å². The zero-order valence-corrected chi connectivity index (χ0v) is 14.4. The lowest BCUT2D eigenvalue weighted by atomic mass is 10.2. The first-order valence-electron chi connectivity index (χ1n) is 7.01. The maximum Gasteiger partial charge on any atom is 0.242 e. The summed E-state index contributed by atoms with van der Waals surface area (Å²) in [6, 6.07) is 3.53. The van der Waals surface area contributed by atoms with Crippen LogP contribution in [0.15, 0.2) is 17.0 Å². The highest BCUT2D eigenvalue weighted by Gasteiger charge is 2.24. The summed E-state index contributed by atoms with van der Waals surface area (Å²) in [5.74, 6) is 0.224. The van der Waals surface area contributed by atoms with Crippen LogP contribution in [0.25, 0.3) is 0 Å². The third kappa shape index (κ3) is 4.57. The Hall–Kier alpha value is -0.330. The largest absolute Gasteiger partial charge is 0.310 e. The Balaban J connectivity index is 2.24. The maximum atomic E-state index is 12.3. The lowest BCUT2D eigenvalue weighted by molar-refractivity contribution is 0.560. The minimum Gasteiger partial charge on any atom is -0.310 e. The average Bonchev–Trinajstić information content (AvgIpc) is 3.20. The van der Waals surface area contributed by atoms with Gasteiger partial charge in [-0.15, -0.1) is 0 Å². The van der Waals surface area contributed by atoms with Gasteiger partial charge in [0.15, 0.2) is 0 Å². The van der Waals surface area contributed by atoms with Crippen LogP contribution >= 0.6 is 23.2 Å². The van der Waals surface area contributed by atoms with Crippen molar-refractivity contribution >= 4 is 33.2 Å². The zero-order chi connectivity index (χ0) is 15.6. The van der Waals surface area contributed by atoms with E-state index in [0.717, 1.165) is 12.8 Å². The van der Waals surface area contributed by atoms with Crippen LogP contribution in [0.5, 0.6) is 0 Å². The maximum absolute atomic E-state index is 12.3. The molecule has 1 fully saturated rings. The van der Waals surface area contributed by atoms with Crippen LogP contribution in [-0.4, -0.2) is 21.0 Å². The van der Waals surface area contributed by atoms with Crippen molar-refractivity contribution in [1.29, 1.82) is 0 Å². The summed E-state index contributed by atoms with van der Waals surface area (Å²) in [5.41, 5.74) is 0.637. The standard InChI is InChI=1S/C14H20Cl2N2O2S/c1-9(2)7-18-21(19,20)13-6-5-12(15)11(14(13)16)8-17-10-3-4-10/h5-6,9-10,17-18H,3-4,7-8H2,1-2H3. The molecule has 0 bridgehead atoms. The van der Waals surface area contributed by atoms with Crippen molar-refractivity contribution in [2.45, 2.75) is 44.2 Å². The number of hydrogen-bond acceptors (Lipinski definition) is 3. The number of nitrogens with one attached hydrogen (secondary N) is 2. The Labute approximate surface area is 136 Å². The Morgan fingerprint density at radius 3 is 2.52 bits per heavy atom. The predicted octanol–water partition coefficient (Wildman–Crippen LogP) is 3.18. The number of benzene rings is 1. The molecule has 0 atom stereocenters. The van der Waals surface area contributed by atoms with Gasteiger partial charge in [0, 0.05) is 29.7 Å². The Morgan fingerprint density at radius 1 is 1.29 bits per heavy atom. The van der Waals surface area contributed by atoms with Gasteiger partial charge >= 0.3 is 0 Å². The van der Waals surface area contributed by atoms with E-state index >= 15 is 0 Å². The first kappa shape index (κ1) is 17.0. The van der Waals surface area contributed by atoms with E-state index in [1.165, 1.54) is 6.07 Å². The van der Waals surface area contributed by atoms with Crippen LogP contribution in [0.3, 0.4) is 0 Å². The molecule has 21 heavy (non-hydrogen) atoms. The van der Waals surface area contributed by atoms with E-state index < -0.39 is 10.0 Å². The van der Waals surface area contributed by atoms with E-state index in [0.29, 0.717) is 29.7 Å². The van der Waals surface area contributed by atoms with Gasteiger partial charge in [0.2, 0.25) is 10.0 Å². The molecular weight excluding hydrogens is 331 g/mol. The molecule has 1 aliphatic rings. The van der Waals surface area contributed by atoms with Gasteiger partial charge in [-0.25, -0.2) is 13.1 Å². The highest BCUT2D eigenvalue weighted by atomic mass is 35.5. The number of sulfonamides is 1. The fourth-order valence-corrected chi connectivity index (χ4v) is 3.96. The third-order valence-corrected chi connectivity index (χ3v) is 5.63. The molecule has 2 rings (SSSR count). The normalized spacial score (nSPS) is 15.7. The minimum atomic E-state index is -3.62. The molecule has 0 amide bonds. The molecule has 1 saturated carbocycles. The summed E-state index contributed by atoms with van der Waals surface area (Å²) in [6.07, 6.45) is 2.28. The summed E-state index contributed by atoms with van der Waals surface area (Å²) in [5, 5.41) is 3.98.